The van der Waals surface area contributed by atoms with E-state index in [1.54, 1.807) is 24.3 Å². The second-order valence-corrected chi connectivity index (χ2v) is 5.50. The lowest BCUT2D eigenvalue weighted by Crippen LogP contribution is -2.42. The Morgan fingerprint density at radius 2 is 1.85 bits per heavy atom. The Morgan fingerprint density at radius 1 is 1.15 bits per heavy atom. The highest BCUT2D eigenvalue weighted by atomic mass is 19.4. The monoisotopic (exact) mass is 367 g/mol. The van der Waals surface area contributed by atoms with Crippen LogP contribution in [0.2, 0.25) is 0 Å². The molecule has 0 saturated carbocycles. The molecule has 8 heteroatoms. The number of hydrogen-bond acceptors (Lipinski definition) is 3. The first-order valence-corrected chi connectivity index (χ1v) is 7.54. The molecule has 0 aromatic heterocycles. The van der Waals surface area contributed by atoms with Gasteiger partial charge in [0.2, 0.25) is 0 Å². The van der Waals surface area contributed by atoms with Crippen molar-refractivity contribution in [1.82, 2.24) is 5.32 Å². The first-order chi connectivity index (χ1) is 12.2. The minimum Gasteiger partial charge on any atom is -0.497 e. The number of amides is 1. The molecule has 0 fully saturated rings. The minimum absolute atomic E-state index is 0.0444. The van der Waals surface area contributed by atoms with Gasteiger partial charge in [0.1, 0.15) is 11.8 Å². The highest BCUT2D eigenvalue weighted by molar-refractivity contribution is 5.96. The van der Waals surface area contributed by atoms with Crippen molar-refractivity contribution < 1.29 is 32.6 Å². The summed E-state index contributed by atoms with van der Waals surface area (Å²) in [5.41, 5.74) is -0.650. The van der Waals surface area contributed by atoms with E-state index >= 15 is 0 Å². The topological polar surface area (TPSA) is 75.6 Å². The van der Waals surface area contributed by atoms with E-state index in [-0.39, 0.29) is 12.0 Å². The van der Waals surface area contributed by atoms with Gasteiger partial charge in [0.15, 0.2) is 0 Å². The van der Waals surface area contributed by atoms with Crippen LogP contribution in [0.15, 0.2) is 48.5 Å². The second kappa shape index (κ2) is 7.90. The van der Waals surface area contributed by atoms with Crippen LogP contribution in [-0.2, 0) is 17.4 Å². The van der Waals surface area contributed by atoms with Gasteiger partial charge in [-0.2, -0.15) is 13.2 Å². The fraction of sp³-hybridized carbons (Fsp3) is 0.222. The normalized spacial score (nSPS) is 12.3. The standard InChI is InChI=1S/C18H16F3NO4/c1-26-14-7-2-4-11(8-14)9-15(17(24)25)22-16(23)12-5-3-6-13(10-12)18(19,20)21/h2-8,10,15H,9H2,1H3,(H,22,23)(H,24,25)/t15-/m0/s1. The Balaban J connectivity index is 2.17. The summed E-state index contributed by atoms with van der Waals surface area (Å²) in [6.07, 6.45) is -4.64. The average molecular weight is 367 g/mol. The molecule has 0 aliphatic carbocycles. The van der Waals surface area contributed by atoms with Crippen molar-refractivity contribution in [2.45, 2.75) is 18.6 Å². The van der Waals surface area contributed by atoms with Gasteiger partial charge in [0, 0.05) is 12.0 Å². The minimum atomic E-state index is -4.59. The smallest absolute Gasteiger partial charge is 0.416 e. The van der Waals surface area contributed by atoms with Crippen LogP contribution in [0.1, 0.15) is 21.5 Å². The van der Waals surface area contributed by atoms with E-state index in [4.69, 9.17) is 4.74 Å². The maximum absolute atomic E-state index is 12.7. The maximum atomic E-state index is 12.7. The molecular formula is C18H16F3NO4. The molecule has 0 radical (unpaired) electrons. The zero-order valence-electron chi connectivity index (χ0n) is 13.7. The Labute approximate surface area is 147 Å². The van der Waals surface area contributed by atoms with Crippen molar-refractivity contribution in [3.8, 4) is 5.75 Å². The van der Waals surface area contributed by atoms with E-state index in [1.165, 1.54) is 13.2 Å². The van der Waals surface area contributed by atoms with E-state index in [2.05, 4.69) is 5.32 Å². The first kappa shape index (κ1) is 19.3. The zero-order chi connectivity index (χ0) is 19.3. The lowest BCUT2D eigenvalue weighted by molar-refractivity contribution is -0.139. The van der Waals surface area contributed by atoms with Crippen LogP contribution < -0.4 is 10.1 Å². The number of carboxylic acids is 1. The van der Waals surface area contributed by atoms with E-state index < -0.39 is 29.7 Å². The number of carboxylic acid groups (broad SMARTS) is 1. The Morgan fingerprint density at radius 3 is 2.46 bits per heavy atom. The van der Waals surface area contributed by atoms with E-state index in [0.29, 0.717) is 17.4 Å². The largest absolute Gasteiger partial charge is 0.497 e. The number of aliphatic carboxylic acids is 1. The number of rotatable bonds is 6. The van der Waals surface area contributed by atoms with Gasteiger partial charge >= 0.3 is 12.1 Å². The van der Waals surface area contributed by atoms with Crippen molar-refractivity contribution in [2.24, 2.45) is 0 Å². The van der Waals surface area contributed by atoms with Gasteiger partial charge in [0.25, 0.3) is 5.91 Å². The number of halogens is 3. The molecule has 0 heterocycles. The third kappa shape index (κ3) is 4.98. The third-order valence-electron chi connectivity index (χ3n) is 3.63. The summed E-state index contributed by atoms with van der Waals surface area (Å²) in [4.78, 5) is 23.6. The summed E-state index contributed by atoms with van der Waals surface area (Å²) in [5.74, 6) is -1.67. The summed E-state index contributed by atoms with van der Waals surface area (Å²) in [5, 5.41) is 11.6. The number of carbonyl (C=O) groups excluding carboxylic acids is 1. The second-order valence-electron chi connectivity index (χ2n) is 5.50. The quantitative estimate of drug-likeness (QED) is 0.823. The lowest BCUT2D eigenvalue weighted by atomic mass is 10.0. The lowest BCUT2D eigenvalue weighted by Gasteiger charge is -2.16. The van der Waals surface area contributed by atoms with Gasteiger partial charge < -0.3 is 15.2 Å². The molecule has 138 valence electrons. The van der Waals surface area contributed by atoms with Crippen LogP contribution in [0.5, 0.6) is 5.75 Å². The van der Waals surface area contributed by atoms with Crippen LogP contribution in [0, 0.1) is 0 Å². The summed E-state index contributed by atoms with van der Waals surface area (Å²) < 4.78 is 43.3. The molecule has 1 amide bonds. The number of hydrogen-bond donors (Lipinski definition) is 2. The summed E-state index contributed by atoms with van der Waals surface area (Å²) in [6.45, 7) is 0. The fourth-order valence-corrected chi connectivity index (χ4v) is 2.31. The van der Waals surface area contributed by atoms with Gasteiger partial charge in [-0.25, -0.2) is 4.79 Å². The highest BCUT2D eigenvalue weighted by Gasteiger charge is 2.31. The third-order valence-corrected chi connectivity index (χ3v) is 3.63. The van der Waals surface area contributed by atoms with Crippen molar-refractivity contribution in [3.63, 3.8) is 0 Å². The molecule has 0 bridgehead atoms. The van der Waals surface area contributed by atoms with Crippen LogP contribution >= 0.6 is 0 Å². The molecule has 0 saturated heterocycles. The number of alkyl halides is 3. The molecule has 26 heavy (non-hydrogen) atoms. The van der Waals surface area contributed by atoms with Gasteiger partial charge in [0.05, 0.1) is 12.7 Å². The van der Waals surface area contributed by atoms with Crippen molar-refractivity contribution >= 4 is 11.9 Å². The molecule has 0 spiro atoms. The molecule has 2 aromatic rings. The van der Waals surface area contributed by atoms with Gasteiger partial charge in [-0.05, 0) is 35.9 Å². The molecule has 0 unspecified atom stereocenters. The average Bonchev–Trinajstić information content (AvgIpc) is 2.60. The van der Waals surface area contributed by atoms with Gasteiger partial charge in [-0.15, -0.1) is 0 Å². The molecule has 2 rings (SSSR count). The Bertz CT molecular complexity index is 805. The first-order valence-electron chi connectivity index (χ1n) is 7.54. The van der Waals surface area contributed by atoms with E-state index in [9.17, 15) is 27.9 Å². The molecule has 5 nitrogen and oxygen atoms in total. The SMILES string of the molecule is COc1cccc(C[C@H](NC(=O)c2cccc(C(F)(F)F)c2)C(=O)O)c1. The zero-order valence-corrected chi connectivity index (χ0v) is 13.7. The van der Waals surface area contributed by atoms with E-state index in [1.807, 2.05) is 0 Å². The van der Waals surface area contributed by atoms with Crippen LogP contribution in [-0.4, -0.2) is 30.1 Å². The maximum Gasteiger partial charge on any atom is 0.416 e. The number of benzene rings is 2. The number of nitrogens with one attached hydrogen (secondary N) is 1. The highest BCUT2D eigenvalue weighted by Crippen LogP contribution is 2.29. The number of ether oxygens (including phenoxy) is 1. The van der Waals surface area contributed by atoms with Crippen molar-refractivity contribution in [2.75, 3.05) is 7.11 Å². The van der Waals surface area contributed by atoms with Crippen molar-refractivity contribution in [1.29, 1.82) is 0 Å². The van der Waals surface area contributed by atoms with Crippen molar-refractivity contribution in [3.05, 3.63) is 65.2 Å². The number of methoxy groups -OCH3 is 1. The fourth-order valence-electron chi connectivity index (χ4n) is 2.31. The van der Waals surface area contributed by atoms with Crippen LogP contribution in [0.4, 0.5) is 13.2 Å². The summed E-state index contributed by atoms with van der Waals surface area (Å²) in [6, 6.07) is 9.12. The Hall–Kier alpha value is -3.03. The van der Waals surface area contributed by atoms with E-state index in [0.717, 1.165) is 12.1 Å². The predicted octanol–water partition coefficient (Wildman–Crippen LogP) is 3.14. The molecule has 0 aliphatic rings. The van der Waals surface area contributed by atoms with Gasteiger partial charge in [-0.3, -0.25) is 4.79 Å². The summed E-state index contributed by atoms with van der Waals surface area (Å²) in [7, 11) is 1.46. The predicted molar refractivity (Wildman–Crippen MR) is 87.0 cm³/mol. The van der Waals surface area contributed by atoms with Crippen LogP contribution in [0.25, 0.3) is 0 Å². The molecule has 1 atom stereocenters. The van der Waals surface area contributed by atoms with Gasteiger partial charge in [-0.1, -0.05) is 18.2 Å². The summed E-state index contributed by atoms with van der Waals surface area (Å²) >= 11 is 0. The molecule has 2 aromatic carbocycles. The Kier molecular flexibility index (Phi) is 5.86. The molecule has 2 N–H and O–H groups in total. The molecule has 0 aliphatic heterocycles. The van der Waals surface area contributed by atoms with Crippen LogP contribution in [0.3, 0.4) is 0 Å². The molecular weight excluding hydrogens is 351 g/mol. The number of carbonyl (C=O) groups is 2.